The molecule has 7 heteroatoms. The normalized spacial score (nSPS) is 10.2. The third-order valence-electron chi connectivity index (χ3n) is 3.96. The van der Waals surface area contributed by atoms with Crippen LogP contribution in [-0.4, -0.2) is 22.7 Å². The van der Waals surface area contributed by atoms with Gasteiger partial charge in [-0.1, -0.05) is 30.3 Å². The Balaban J connectivity index is 1.77. The Morgan fingerprint density at radius 2 is 1.18 bits per heavy atom. The van der Waals surface area contributed by atoms with Crippen LogP contribution in [0.2, 0.25) is 0 Å². The summed E-state index contributed by atoms with van der Waals surface area (Å²) in [5, 5.41) is 9.68. The standard InChI is InChI=1S/C21H15FN2O4/c22-14-11-9-13(10-12-14)19(26)15-5-1-2-6-16(15)20(27)23-24-21(28)17-7-3-4-8-18(17)25/h1-12,25H,(H,23,27)(H,24,28). The second-order valence-electron chi connectivity index (χ2n) is 5.81. The number of amides is 2. The van der Waals surface area contributed by atoms with E-state index < -0.39 is 23.4 Å². The number of nitrogens with one attached hydrogen (secondary N) is 2. The highest BCUT2D eigenvalue weighted by Crippen LogP contribution is 2.16. The Kier molecular flexibility index (Phi) is 5.45. The first-order valence-electron chi connectivity index (χ1n) is 8.25. The largest absolute Gasteiger partial charge is 0.507 e. The number of ketones is 1. The second-order valence-corrected chi connectivity index (χ2v) is 5.81. The van der Waals surface area contributed by atoms with Crippen LogP contribution in [0, 0.1) is 5.82 Å². The molecule has 3 aromatic carbocycles. The summed E-state index contributed by atoms with van der Waals surface area (Å²) in [6.45, 7) is 0. The lowest BCUT2D eigenvalue weighted by molar-refractivity contribution is 0.0843. The van der Waals surface area contributed by atoms with Crippen molar-refractivity contribution in [2.24, 2.45) is 0 Å². The Morgan fingerprint density at radius 1 is 0.679 bits per heavy atom. The molecule has 28 heavy (non-hydrogen) atoms. The molecule has 0 aliphatic heterocycles. The number of carbonyl (C=O) groups excluding carboxylic acids is 3. The summed E-state index contributed by atoms with van der Waals surface area (Å²) in [6.07, 6.45) is 0. The molecule has 0 radical (unpaired) electrons. The highest BCUT2D eigenvalue weighted by Gasteiger charge is 2.19. The molecule has 6 nitrogen and oxygen atoms in total. The summed E-state index contributed by atoms with van der Waals surface area (Å²) in [5.41, 5.74) is 4.75. The van der Waals surface area contributed by atoms with Crippen LogP contribution < -0.4 is 10.9 Å². The highest BCUT2D eigenvalue weighted by molar-refractivity contribution is 6.15. The van der Waals surface area contributed by atoms with Gasteiger partial charge in [0, 0.05) is 11.1 Å². The van der Waals surface area contributed by atoms with Gasteiger partial charge in [-0.2, -0.15) is 0 Å². The van der Waals surface area contributed by atoms with E-state index in [4.69, 9.17) is 0 Å². The zero-order valence-corrected chi connectivity index (χ0v) is 14.5. The molecule has 0 aliphatic carbocycles. The molecule has 0 unspecified atom stereocenters. The van der Waals surface area contributed by atoms with Crippen molar-refractivity contribution in [3.05, 3.63) is 101 Å². The van der Waals surface area contributed by atoms with Crippen LogP contribution in [0.4, 0.5) is 4.39 Å². The average molecular weight is 378 g/mol. The van der Waals surface area contributed by atoms with E-state index in [2.05, 4.69) is 10.9 Å². The number of carbonyl (C=O) groups is 3. The summed E-state index contributed by atoms with van der Waals surface area (Å²) < 4.78 is 13.1. The van der Waals surface area contributed by atoms with E-state index in [0.717, 1.165) is 12.1 Å². The first kappa shape index (κ1) is 18.8. The number of hydrazine groups is 1. The fraction of sp³-hybridized carbons (Fsp3) is 0. The van der Waals surface area contributed by atoms with Crippen molar-refractivity contribution in [1.29, 1.82) is 0 Å². The Morgan fingerprint density at radius 3 is 1.79 bits per heavy atom. The number of para-hydroxylation sites is 1. The van der Waals surface area contributed by atoms with E-state index in [-0.39, 0.29) is 28.0 Å². The van der Waals surface area contributed by atoms with Crippen molar-refractivity contribution in [2.75, 3.05) is 0 Å². The minimum absolute atomic E-state index is 0.0153. The van der Waals surface area contributed by atoms with E-state index >= 15 is 0 Å². The molecule has 0 aliphatic rings. The number of hydrogen-bond donors (Lipinski definition) is 3. The first-order valence-corrected chi connectivity index (χ1v) is 8.25. The molecule has 140 valence electrons. The summed E-state index contributed by atoms with van der Waals surface area (Å²) in [4.78, 5) is 37.2. The molecule has 2 amide bonds. The predicted molar refractivity (Wildman–Crippen MR) is 99.3 cm³/mol. The van der Waals surface area contributed by atoms with Crippen molar-refractivity contribution in [3.63, 3.8) is 0 Å². The maximum Gasteiger partial charge on any atom is 0.273 e. The zero-order valence-electron chi connectivity index (χ0n) is 14.5. The molecule has 0 spiro atoms. The van der Waals surface area contributed by atoms with E-state index in [1.165, 1.54) is 36.4 Å². The molecule has 0 fully saturated rings. The van der Waals surface area contributed by atoms with Crippen molar-refractivity contribution in [2.45, 2.75) is 0 Å². The van der Waals surface area contributed by atoms with E-state index in [1.807, 2.05) is 0 Å². The van der Waals surface area contributed by atoms with Gasteiger partial charge >= 0.3 is 0 Å². The first-order chi connectivity index (χ1) is 13.5. The van der Waals surface area contributed by atoms with Crippen LogP contribution in [0.5, 0.6) is 5.75 Å². The predicted octanol–water partition coefficient (Wildman–Crippen LogP) is 2.84. The van der Waals surface area contributed by atoms with Crippen molar-refractivity contribution >= 4 is 17.6 Å². The molecular weight excluding hydrogens is 363 g/mol. The molecule has 3 rings (SSSR count). The van der Waals surface area contributed by atoms with Gasteiger partial charge in [0.15, 0.2) is 5.78 Å². The number of aromatic hydroxyl groups is 1. The molecule has 0 saturated heterocycles. The minimum atomic E-state index is -0.714. The molecule has 0 saturated carbocycles. The van der Waals surface area contributed by atoms with Gasteiger partial charge in [0.05, 0.1) is 11.1 Å². The smallest absolute Gasteiger partial charge is 0.273 e. The molecule has 3 aromatic rings. The quantitative estimate of drug-likeness (QED) is 0.481. The average Bonchev–Trinajstić information content (AvgIpc) is 2.72. The van der Waals surface area contributed by atoms with Crippen molar-refractivity contribution in [3.8, 4) is 5.75 Å². The van der Waals surface area contributed by atoms with Gasteiger partial charge in [0.25, 0.3) is 11.8 Å². The van der Waals surface area contributed by atoms with Gasteiger partial charge in [0.2, 0.25) is 0 Å². The zero-order chi connectivity index (χ0) is 20.1. The van der Waals surface area contributed by atoms with Crippen LogP contribution >= 0.6 is 0 Å². The third-order valence-corrected chi connectivity index (χ3v) is 3.96. The monoisotopic (exact) mass is 378 g/mol. The molecule has 0 heterocycles. The lowest BCUT2D eigenvalue weighted by Gasteiger charge is -2.11. The molecule has 0 bridgehead atoms. The summed E-state index contributed by atoms with van der Waals surface area (Å²) in [5.74, 6) is -2.60. The molecule has 0 atom stereocenters. The van der Waals surface area contributed by atoms with Crippen LogP contribution in [0.15, 0.2) is 72.8 Å². The SMILES string of the molecule is O=C(NNC(=O)c1ccccc1C(=O)c1ccc(F)cc1)c1ccccc1O. The Bertz CT molecular complexity index is 1050. The fourth-order valence-corrected chi connectivity index (χ4v) is 2.55. The van der Waals surface area contributed by atoms with E-state index in [9.17, 15) is 23.9 Å². The highest BCUT2D eigenvalue weighted by atomic mass is 19.1. The van der Waals surface area contributed by atoms with Gasteiger partial charge in [-0.3, -0.25) is 25.2 Å². The maximum atomic E-state index is 13.1. The number of hydrogen-bond acceptors (Lipinski definition) is 4. The van der Waals surface area contributed by atoms with Crippen LogP contribution in [0.3, 0.4) is 0 Å². The Hall–Kier alpha value is -4.00. The topological polar surface area (TPSA) is 95.5 Å². The maximum absolute atomic E-state index is 13.1. The van der Waals surface area contributed by atoms with Gasteiger partial charge in [-0.05, 0) is 42.5 Å². The number of benzene rings is 3. The van der Waals surface area contributed by atoms with Crippen LogP contribution in [-0.2, 0) is 0 Å². The lowest BCUT2D eigenvalue weighted by Crippen LogP contribution is -2.42. The van der Waals surface area contributed by atoms with Gasteiger partial charge in [-0.25, -0.2) is 4.39 Å². The van der Waals surface area contributed by atoms with Crippen LogP contribution in [0.25, 0.3) is 0 Å². The second kappa shape index (κ2) is 8.13. The lowest BCUT2D eigenvalue weighted by atomic mass is 9.98. The fourth-order valence-electron chi connectivity index (χ4n) is 2.55. The summed E-state index contributed by atoms with van der Waals surface area (Å²) in [6, 6.07) is 16.9. The summed E-state index contributed by atoms with van der Waals surface area (Å²) in [7, 11) is 0. The number of phenols is 1. The molecule has 3 N–H and O–H groups in total. The summed E-state index contributed by atoms with van der Waals surface area (Å²) >= 11 is 0. The van der Waals surface area contributed by atoms with Crippen molar-refractivity contribution < 1.29 is 23.9 Å². The number of phenolic OH excluding ortho intramolecular Hbond substituents is 1. The molecule has 0 aromatic heterocycles. The van der Waals surface area contributed by atoms with Gasteiger partial charge in [0.1, 0.15) is 11.6 Å². The molecular formula is C21H15FN2O4. The number of rotatable bonds is 4. The van der Waals surface area contributed by atoms with Gasteiger partial charge < -0.3 is 5.11 Å². The Labute approximate surface area is 159 Å². The third kappa shape index (κ3) is 4.04. The van der Waals surface area contributed by atoms with Crippen molar-refractivity contribution in [1.82, 2.24) is 10.9 Å². The van der Waals surface area contributed by atoms with Gasteiger partial charge in [-0.15, -0.1) is 0 Å². The van der Waals surface area contributed by atoms with Crippen LogP contribution in [0.1, 0.15) is 36.6 Å². The number of halogens is 1. The van der Waals surface area contributed by atoms with E-state index in [0.29, 0.717) is 0 Å². The van der Waals surface area contributed by atoms with E-state index in [1.54, 1.807) is 24.3 Å². The minimum Gasteiger partial charge on any atom is -0.507 e.